The normalized spacial score (nSPS) is 15.8. The van der Waals surface area contributed by atoms with Gasteiger partial charge in [0, 0.05) is 45.7 Å². The van der Waals surface area contributed by atoms with Gasteiger partial charge >= 0.3 is 5.97 Å². The van der Waals surface area contributed by atoms with Crippen molar-refractivity contribution in [3.63, 3.8) is 0 Å². The first-order valence-corrected chi connectivity index (χ1v) is 12.6. The zero-order chi connectivity index (χ0) is 23.8. The van der Waals surface area contributed by atoms with E-state index in [4.69, 9.17) is 0 Å². The van der Waals surface area contributed by atoms with Gasteiger partial charge in [0.1, 0.15) is 0 Å². The fourth-order valence-electron chi connectivity index (χ4n) is 3.91. The number of nitrogens with one attached hydrogen (secondary N) is 1. The number of benzene rings is 2. The third-order valence-corrected chi connectivity index (χ3v) is 7.16. The summed E-state index contributed by atoms with van der Waals surface area (Å²) in [5.74, 6) is -0.560. The second-order valence-corrected chi connectivity index (χ2v) is 9.92. The topological polar surface area (TPSA) is 96.0 Å². The van der Waals surface area contributed by atoms with Gasteiger partial charge in [-0.1, -0.05) is 42.5 Å². The van der Waals surface area contributed by atoms with Crippen LogP contribution in [0.25, 0.3) is 0 Å². The first kappa shape index (κ1) is 24.9. The number of hydrogen-bond donors (Lipinski definition) is 1. The molecule has 1 atom stereocenters. The summed E-state index contributed by atoms with van der Waals surface area (Å²) in [5, 5.41) is 0. The smallest absolute Gasteiger partial charge is 0.337 e. The van der Waals surface area contributed by atoms with Crippen LogP contribution in [-0.4, -0.2) is 69.9 Å². The van der Waals surface area contributed by atoms with Crippen LogP contribution in [-0.2, 0) is 25.3 Å². The first-order valence-electron chi connectivity index (χ1n) is 11.0. The van der Waals surface area contributed by atoms with Crippen molar-refractivity contribution in [1.29, 1.82) is 0 Å². The van der Waals surface area contributed by atoms with Crippen molar-refractivity contribution in [3.05, 3.63) is 71.3 Å². The van der Waals surface area contributed by atoms with Crippen LogP contribution in [0, 0.1) is 0 Å². The minimum absolute atomic E-state index is 0.0872. The highest BCUT2D eigenvalue weighted by Gasteiger charge is 2.23. The van der Waals surface area contributed by atoms with Crippen LogP contribution in [0.1, 0.15) is 40.9 Å². The highest BCUT2D eigenvalue weighted by atomic mass is 32.2. The molecule has 1 heterocycles. The van der Waals surface area contributed by atoms with E-state index < -0.39 is 16.0 Å². The molecule has 33 heavy (non-hydrogen) atoms. The lowest BCUT2D eigenvalue weighted by molar-refractivity contribution is -0.130. The molecular weight excluding hydrogens is 442 g/mol. The van der Waals surface area contributed by atoms with Crippen LogP contribution in [0.2, 0.25) is 0 Å². The molecule has 0 radical (unpaired) electrons. The second-order valence-electron chi connectivity index (χ2n) is 8.17. The predicted molar refractivity (Wildman–Crippen MR) is 126 cm³/mol. The lowest BCUT2D eigenvalue weighted by Crippen LogP contribution is -2.48. The molecule has 0 saturated carbocycles. The van der Waals surface area contributed by atoms with Crippen molar-refractivity contribution in [2.24, 2.45) is 0 Å². The molecule has 9 heteroatoms. The Morgan fingerprint density at radius 1 is 1.00 bits per heavy atom. The number of esters is 1. The minimum Gasteiger partial charge on any atom is -0.465 e. The van der Waals surface area contributed by atoms with Gasteiger partial charge in [-0.2, -0.15) is 0 Å². The van der Waals surface area contributed by atoms with Gasteiger partial charge in [-0.15, -0.1) is 0 Å². The molecule has 0 aromatic heterocycles. The molecule has 1 aliphatic rings. The monoisotopic (exact) mass is 473 g/mol. The number of sulfonamides is 1. The average molecular weight is 474 g/mol. The molecule has 8 nitrogen and oxygen atoms in total. The van der Waals surface area contributed by atoms with E-state index in [9.17, 15) is 18.0 Å². The van der Waals surface area contributed by atoms with Crippen LogP contribution in [0.4, 0.5) is 0 Å². The molecule has 1 N–H and O–H groups in total. The fourth-order valence-corrected chi connectivity index (χ4v) is 5.31. The molecule has 1 amide bonds. The molecule has 1 fully saturated rings. The van der Waals surface area contributed by atoms with Crippen LogP contribution < -0.4 is 4.72 Å². The van der Waals surface area contributed by atoms with Gasteiger partial charge in [0.2, 0.25) is 15.9 Å². The third-order valence-electron chi connectivity index (χ3n) is 5.81. The molecule has 2 aromatic carbocycles. The maximum atomic E-state index is 13.0. The van der Waals surface area contributed by atoms with Gasteiger partial charge in [-0.25, -0.2) is 17.9 Å². The van der Waals surface area contributed by atoms with Gasteiger partial charge in [0.25, 0.3) is 0 Å². The van der Waals surface area contributed by atoms with E-state index in [0.29, 0.717) is 30.6 Å². The number of piperazine rings is 1. The Hall–Kier alpha value is -2.75. The predicted octanol–water partition coefficient (Wildman–Crippen LogP) is 2.19. The maximum Gasteiger partial charge on any atom is 0.337 e. The number of carbonyl (C=O) groups is 2. The van der Waals surface area contributed by atoms with Crippen LogP contribution in [0.5, 0.6) is 0 Å². The number of rotatable bonds is 9. The Morgan fingerprint density at radius 2 is 1.64 bits per heavy atom. The largest absolute Gasteiger partial charge is 0.465 e. The van der Waals surface area contributed by atoms with Gasteiger partial charge in [0.15, 0.2) is 0 Å². The molecular formula is C24H31N3O5S. The van der Waals surface area contributed by atoms with E-state index in [2.05, 4.69) is 14.4 Å². The van der Waals surface area contributed by atoms with Gasteiger partial charge in [0.05, 0.1) is 18.4 Å². The lowest BCUT2D eigenvalue weighted by atomic mass is 10.0. The summed E-state index contributed by atoms with van der Waals surface area (Å²) >= 11 is 0. The van der Waals surface area contributed by atoms with Crippen molar-refractivity contribution in [2.45, 2.75) is 25.1 Å². The summed E-state index contributed by atoms with van der Waals surface area (Å²) in [7, 11) is -2.33. The molecule has 0 bridgehead atoms. The number of amides is 1. The quantitative estimate of drug-likeness (QED) is 0.561. The highest BCUT2D eigenvalue weighted by molar-refractivity contribution is 7.88. The van der Waals surface area contributed by atoms with E-state index in [1.807, 2.05) is 35.2 Å². The number of methoxy groups -OCH3 is 1. The van der Waals surface area contributed by atoms with E-state index >= 15 is 0 Å². The summed E-state index contributed by atoms with van der Waals surface area (Å²) in [6.07, 6.45) is 0.616. The van der Waals surface area contributed by atoms with Gasteiger partial charge < -0.3 is 9.64 Å². The molecule has 2 aromatic rings. The number of hydrogen-bond acceptors (Lipinski definition) is 6. The van der Waals surface area contributed by atoms with Gasteiger partial charge in [-0.05, 0) is 29.7 Å². The number of nitrogens with zero attached hydrogens (tertiary/aromatic N) is 2. The number of carbonyl (C=O) groups excluding carboxylic acids is 2. The summed E-state index contributed by atoms with van der Waals surface area (Å²) < 4.78 is 33.5. The molecule has 1 saturated heterocycles. The van der Waals surface area contributed by atoms with E-state index in [0.717, 1.165) is 25.2 Å². The summed E-state index contributed by atoms with van der Waals surface area (Å²) in [5.41, 5.74) is 1.87. The first-order chi connectivity index (χ1) is 15.8. The Kier molecular flexibility index (Phi) is 8.60. The summed E-state index contributed by atoms with van der Waals surface area (Å²) in [4.78, 5) is 27.2. The summed E-state index contributed by atoms with van der Waals surface area (Å²) in [6.45, 7) is 5.25. The lowest BCUT2D eigenvalue weighted by Gasteiger charge is -2.35. The molecule has 1 aliphatic heterocycles. The zero-order valence-electron chi connectivity index (χ0n) is 19.1. The molecule has 1 unspecified atom stereocenters. The molecule has 0 spiro atoms. The third kappa shape index (κ3) is 7.38. The Labute approximate surface area is 195 Å². The van der Waals surface area contributed by atoms with E-state index in [-0.39, 0.29) is 17.7 Å². The van der Waals surface area contributed by atoms with Crippen LogP contribution in [0.3, 0.4) is 0 Å². The maximum absolute atomic E-state index is 13.0. The van der Waals surface area contributed by atoms with Gasteiger partial charge in [-0.3, -0.25) is 9.69 Å². The van der Waals surface area contributed by atoms with Crippen molar-refractivity contribution < 1.29 is 22.7 Å². The van der Waals surface area contributed by atoms with E-state index in [1.165, 1.54) is 7.11 Å². The zero-order valence-corrected chi connectivity index (χ0v) is 19.9. The van der Waals surface area contributed by atoms with Crippen LogP contribution in [0.15, 0.2) is 54.6 Å². The number of ether oxygens (including phenoxy) is 1. The SMILES string of the molecule is COC(=O)c1ccc(CS(=O)(=O)NC(CCN2CCN(C(C)=O)CC2)c2ccccc2)cc1. The van der Waals surface area contributed by atoms with Crippen molar-refractivity contribution >= 4 is 21.9 Å². The second kappa shape index (κ2) is 11.4. The summed E-state index contributed by atoms with van der Waals surface area (Å²) in [6, 6.07) is 15.5. The standard InChI is InChI=1S/C24H31N3O5S/c1-19(28)27-16-14-26(15-17-27)13-12-23(21-6-4-3-5-7-21)25-33(30,31)18-20-8-10-22(11-9-20)24(29)32-2/h3-11,23,25H,12-18H2,1-2H3. The Bertz CT molecular complexity index is 1030. The van der Waals surface area contributed by atoms with Crippen molar-refractivity contribution in [1.82, 2.24) is 14.5 Å². The van der Waals surface area contributed by atoms with E-state index in [1.54, 1.807) is 31.2 Å². The molecule has 0 aliphatic carbocycles. The van der Waals surface area contributed by atoms with Crippen molar-refractivity contribution in [3.8, 4) is 0 Å². The Balaban J connectivity index is 1.64. The molecule has 3 rings (SSSR count). The van der Waals surface area contributed by atoms with Crippen LogP contribution >= 0.6 is 0 Å². The average Bonchev–Trinajstić information content (AvgIpc) is 2.82. The highest BCUT2D eigenvalue weighted by Crippen LogP contribution is 2.20. The molecule has 178 valence electrons. The Morgan fingerprint density at radius 3 is 2.21 bits per heavy atom. The van der Waals surface area contributed by atoms with Crippen molar-refractivity contribution in [2.75, 3.05) is 39.8 Å². The minimum atomic E-state index is -3.63. The fraction of sp³-hybridized carbons (Fsp3) is 0.417.